The highest BCUT2D eigenvalue weighted by Crippen LogP contribution is 2.10. The monoisotopic (exact) mass is 373 g/mol. The second-order valence-electron chi connectivity index (χ2n) is 5.77. The lowest BCUT2D eigenvalue weighted by molar-refractivity contribution is -0.120. The Morgan fingerprint density at radius 1 is 1.22 bits per heavy atom. The summed E-state index contributed by atoms with van der Waals surface area (Å²) in [5.74, 6) is 2.19. The average molecular weight is 373 g/mol. The van der Waals surface area contributed by atoms with Crippen LogP contribution < -0.4 is 20.7 Å². The Kier molecular flexibility index (Phi) is 8.08. The van der Waals surface area contributed by atoms with Gasteiger partial charge < -0.3 is 25.3 Å². The van der Waals surface area contributed by atoms with Gasteiger partial charge in [0.15, 0.2) is 5.96 Å². The van der Waals surface area contributed by atoms with Gasteiger partial charge in [0.2, 0.25) is 5.91 Å². The molecule has 0 aliphatic heterocycles. The van der Waals surface area contributed by atoms with E-state index in [0.29, 0.717) is 19.0 Å². The predicted octanol–water partition coefficient (Wildman–Crippen LogP) is 0.331. The van der Waals surface area contributed by atoms with Gasteiger partial charge in [0, 0.05) is 33.1 Å². The quantitative estimate of drug-likeness (QED) is 0.432. The molecule has 0 aliphatic rings. The molecule has 0 aliphatic carbocycles. The number of ether oxygens (including phenoxy) is 1. The number of rotatable bonds is 9. The van der Waals surface area contributed by atoms with Crippen molar-refractivity contribution in [3.63, 3.8) is 0 Å². The minimum atomic E-state index is -0.110. The van der Waals surface area contributed by atoms with E-state index in [1.54, 1.807) is 20.5 Å². The van der Waals surface area contributed by atoms with Crippen LogP contribution in [0.4, 0.5) is 0 Å². The number of aryl methyl sites for hydroxylation is 1. The van der Waals surface area contributed by atoms with E-state index in [1.165, 1.54) is 0 Å². The van der Waals surface area contributed by atoms with E-state index in [-0.39, 0.29) is 12.5 Å². The van der Waals surface area contributed by atoms with Crippen LogP contribution in [-0.2, 0) is 24.3 Å². The summed E-state index contributed by atoms with van der Waals surface area (Å²) in [6, 6.07) is 7.57. The third-order valence-corrected chi connectivity index (χ3v) is 3.95. The van der Waals surface area contributed by atoms with Crippen molar-refractivity contribution in [3.05, 3.63) is 42.0 Å². The van der Waals surface area contributed by atoms with Crippen molar-refractivity contribution in [2.45, 2.75) is 26.4 Å². The van der Waals surface area contributed by atoms with E-state index in [0.717, 1.165) is 30.1 Å². The molecule has 1 aromatic heterocycles. The zero-order valence-electron chi connectivity index (χ0n) is 16.0. The van der Waals surface area contributed by atoms with Gasteiger partial charge in [0.1, 0.15) is 17.9 Å². The summed E-state index contributed by atoms with van der Waals surface area (Å²) in [6.07, 6.45) is 2.55. The Balaban J connectivity index is 1.67. The molecule has 1 aromatic carbocycles. The second-order valence-corrected chi connectivity index (χ2v) is 5.77. The lowest BCUT2D eigenvalue weighted by Gasteiger charge is -2.13. The van der Waals surface area contributed by atoms with Gasteiger partial charge in [-0.1, -0.05) is 19.1 Å². The number of aliphatic imine (C=N–C) groups is 1. The smallest absolute Gasteiger partial charge is 0.239 e. The molecule has 27 heavy (non-hydrogen) atoms. The molecule has 9 nitrogen and oxygen atoms in total. The second kappa shape index (κ2) is 10.8. The fourth-order valence-electron chi connectivity index (χ4n) is 2.43. The minimum absolute atomic E-state index is 0.110. The van der Waals surface area contributed by atoms with Crippen molar-refractivity contribution >= 4 is 11.9 Å². The van der Waals surface area contributed by atoms with Gasteiger partial charge in [0.25, 0.3) is 0 Å². The third kappa shape index (κ3) is 6.61. The predicted molar refractivity (Wildman–Crippen MR) is 104 cm³/mol. The van der Waals surface area contributed by atoms with Gasteiger partial charge >= 0.3 is 0 Å². The van der Waals surface area contributed by atoms with Crippen LogP contribution in [0.25, 0.3) is 0 Å². The maximum absolute atomic E-state index is 12.0. The SMILES string of the molecule is CCc1nncn1CCNC(=NC)NCC(=O)NCc1ccc(OC)cc1. The first-order valence-corrected chi connectivity index (χ1v) is 8.87. The van der Waals surface area contributed by atoms with E-state index in [9.17, 15) is 4.79 Å². The maximum atomic E-state index is 12.0. The molecule has 0 spiro atoms. The normalized spacial score (nSPS) is 11.1. The molecule has 2 rings (SSSR count). The fraction of sp³-hybridized carbons (Fsp3) is 0.444. The van der Waals surface area contributed by atoms with Crippen LogP contribution in [0.15, 0.2) is 35.6 Å². The molecular weight excluding hydrogens is 346 g/mol. The largest absolute Gasteiger partial charge is 0.497 e. The number of aromatic nitrogens is 3. The van der Waals surface area contributed by atoms with Gasteiger partial charge in [-0.15, -0.1) is 10.2 Å². The summed E-state index contributed by atoms with van der Waals surface area (Å²) in [4.78, 5) is 16.1. The van der Waals surface area contributed by atoms with Gasteiger partial charge in [-0.2, -0.15) is 0 Å². The first kappa shape index (κ1) is 20.2. The van der Waals surface area contributed by atoms with Crippen molar-refractivity contribution in [3.8, 4) is 5.75 Å². The first-order valence-electron chi connectivity index (χ1n) is 8.87. The zero-order chi connectivity index (χ0) is 19.5. The highest BCUT2D eigenvalue weighted by atomic mass is 16.5. The van der Waals surface area contributed by atoms with E-state index in [1.807, 2.05) is 35.8 Å². The number of amides is 1. The summed E-state index contributed by atoms with van der Waals surface area (Å²) >= 11 is 0. The Morgan fingerprint density at radius 3 is 2.67 bits per heavy atom. The lowest BCUT2D eigenvalue weighted by atomic mass is 10.2. The van der Waals surface area contributed by atoms with E-state index >= 15 is 0 Å². The molecule has 1 heterocycles. The molecule has 9 heteroatoms. The molecule has 2 aromatic rings. The summed E-state index contributed by atoms with van der Waals surface area (Å²) in [5, 5.41) is 17.0. The standard InChI is InChI=1S/C18H27N7O2/c1-4-16-24-23-13-25(16)10-9-20-18(19-2)22-12-17(26)21-11-14-5-7-15(27-3)8-6-14/h5-8,13H,4,9-12H2,1-3H3,(H,21,26)(H2,19,20,22). The third-order valence-electron chi connectivity index (χ3n) is 3.95. The first-order chi connectivity index (χ1) is 13.2. The number of carbonyl (C=O) groups is 1. The molecule has 0 atom stereocenters. The highest BCUT2D eigenvalue weighted by Gasteiger charge is 2.05. The van der Waals surface area contributed by atoms with Gasteiger partial charge in [0.05, 0.1) is 13.7 Å². The zero-order valence-corrected chi connectivity index (χ0v) is 16.0. The van der Waals surface area contributed by atoms with E-state index in [4.69, 9.17) is 4.74 Å². The van der Waals surface area contributed by atoms with Crippen molar-refractivity contribution in [1.82, 2.24) is 30.7 Å². The number of benzene rings is 1. The molecule has 0 saturated carbocycles. The van der Waals surface area contributed by atoms with Crippen molar-refractivity contribution in [2.75, 3.05) is 27.2 Å². The van der Waals surface area contributed by atoms with Gasteiger partial charge in [-0.25, -0.2) is 0 Å². The van der Waals surface area contributed by atoms with Crippen molar-refractivity contribution < 1.29 is 9.53 Å². The molecule has 0 bridgehead atoms. The Hall–Kier alpha value is -3.10. The van der Waals surface area contributed by atoms with Crippen LogP contribution in [-0.4, -0.2) is 53.9 Å². The lowest BCUT2D eigenvalue weighted by Crippen LogP contribution is -2.43. The molecular formula is C18H27N7O2. The average Bonchev–Trinajstić information content (AvgIpc) is 3.16. The number of guanidine groups is 1. The summed E-state index contributed by atoms with van der Waals surface area (Å²) in [5.41, 5.74) is 1.01. The van der Waals surface area contributed by atoms with Crippen molar-refractivity contribution in [2.24, 2.45) is 4.99 Å². The van der Waals surface area contributed by atoms with Crippen LogP contribution in [0, 0.1) is 0 Å². The Labute approximate surface area is 159 Å². The summed E-state index contributed by atoms with van der Waals surface area (Å²) in [6.45, 7) is 4.02. The number of nitrogens with one attached hydrogen (secondary N) is 3. The van der Waals surface area contributed by atoms with Crippen LogP contribution in [0.1, 0.15) is 18.3 Å². The number of carbonyl (C=O) groups excluding carboxylic acids is 1. The molecule has 1 amide bonds. The molecule has 0 saturated heterocycles. The fourth-order valence-corrected chi connectivity index (χ4v) is 2.43. The molecule has 146 valence electrons. The number of nitrogens with zero attached hydrogens (tertiary/aromatic N) is 4. The van der Waals surface area contributed by atoms with Gasteiger partial charge in [-0.3, -0.25) is 9.79 Å². The number of hydrogen-bond acceptors (Lipinski definition) is 5. The van der Waals surface area contributed by atoms with E-state index in [2.05, 4.69) is 31.1 Å². The molecule has 3 N–H and O–H groups in total. The highest BCUT2D eigenvalue weighted by molar-refractivity contribution is 5.86. The van der Waals surface area contributed by atoms with Crippen LogP contribution in [0.5, 0.6) is 5.75 Å². The number of methoxy groups -OCH3 is 1. The van der Waals surface area contributed by atoms with Crippen LogP contribution >= 0.6 is 0 Å². The van der Waals surface area contributed by atoms with Crippen LogP contribution in [0.3, 0.4) is 0 Å². The number of hydrogen-bond donors (Lipinski definition) is 3. The molecule has 0 fully saturated rings. The Morgan fingerprint density at radius 2 is 2.00 bits per heavy atom. The molecule has 0 radical (unpaired) electrons. The van der Waals surface area contributed by atoms with Crippen molar-refractivity contribution in [1.29, 1.82) is 0 Å². The minimum Gasteiger partial charge on any atom is -0.497 e. The van der Waals surface area contributed by atoms with Gasteiger partial charge in [-0.05, 0) is 17.7 Å². The van der Waals surface area contributed by atoms with Crippen LogP contribution in [0.2, 0.25) is 0 Å². The summed E-state index contributed by atoms with van der Waals surface area (Å²) in [7, 11) is 3.29. The maximum Gasteiger partial charge on any atom is 0.239 e. The topological polar surface area (TPSA) is 105 Å². The Bertz CT molecular complexity index is 740. The molecule has 0 unspecified atom stereocenters. The summed E-state index contributed by atoms with van der Waals surface area (Å²) < 4.78 is 7.10. The van der Waals surface area contributed by atoms with E-state index < -0.39 is 0 Å².